The number of Topliss-reactive ketones (excluding diaryl/α,β-unsaturated/α-hetero) is 1. The van der Waals surface area contributed by atoms with E-state index in [2.05, 4.69) is 4.99 Å². The van der Waals surface area contributed by atoms with E-state index >= 15 is 0 Å². The van der Waals surface area contributed by atoms with Crippen LogP contribution < -0.4 is 21.8 Å². The first kappa shape index (κ1) is 16.2. The largest absolute Gasteiger partial charge is 0.483 e. The van der Waals surface area contributed by atoms with Crippen LogP contribution >= 0.6 is 0 Å². The molecule has 7 nitrogen and oxygen atoms in total. The van der Waals surface area contributed by atoms with Gasteiger partial charge in [0, 0.05) is 5.22 Å². The smallest absolute Gasteiger partial charge is 0.423 e. The summed E-state index contributed by atoms with van der Waals surface area (Å²) in [5.41, 5.74) is -1.09. The van der Waals surface area contributed by atoms with Gasteiger partial charge in [0.05, 0.1) is 10.9 Å². The third-order valence-electron chi connectivity index (χ3n) is 4.49. The SMILES string of the molecule is O=C1C2=c3ccccc3=NC2=C(OCc2ccccc2)c2oc(=O)c(=O)oc21. The van der Waals surface area contributed by atoms with Crippen molar-refractivity contribution in [1.82, 2.24) is 0 Å². The Morgan fingerprint density at radius 1 is 0.821 bits per heavy atom. The van der Waals surface area contributed by atoms with Crippen molar-refractivity contribution < 1.29 is 18.4 Å². The van der Waals surface area contributed by atoms with E-state index in [9.17, 15) is 14.4 Å². The molecule has 28 heavy (non-hydrogen) atoms. The molecule has 0 spiro atoms. The van der Waals surface area contributed by atoms with Crippen LogP contribution in [0.1, 0.15) is 21.9 Å². The second kappa shape index (κ2) is 6.02. The number of rotatable bonds is 3. The van der Waals surface area contributed by atoms with Gasteiger partial charge in [-0.2, -0.15) is 0 Å². The molecule has 0 saturated heterocycles. The Morgan fingerprint density at radius 2 is 1.50 bits per heavy atom. The third kappa shape index (κ3) is 2.37. The van der Waals surface area contributed by atoms with Gasteiger partial charge in [-0.05, 0) is 11.6 Å². The number of ketones is 1. The second-order valence-electron chi connectivity index (χ2n) is 6.22. The van der Waals surface area contributed by atoms with Crippen LogP contribution in [-0.2, 0) is 11.3 Å². The summed E-state index contributed by atoms with van der Waals surface area (Å²) in [5.74, 6) is -1.07. The van der Waals surface area contributed by atoms with Crippen molar-refractivity contribution in [1.29, 1.82) is 0 Å². The molecule has 3 aromatic rings. The number of ether oxygens (including phenoxy) is 1. The maximum Gasteiger partial charge on any atom is 0.423 e. The van der Waals surface area contributed by atoms with Gasteiger partial charge >= 0.3 is 11.3 Å². The van der Waals surface area contributed by atoms with Gasteiger partial charge in [0.1, 0.15) is 12.3 Å². The first-order chi connectivity index (χ1) is 13.6. The molecule has 0 unspecified atom stereocenters. The fourth-order valence-electron chi connectivity index (χ4n) is 3.23. The molecule has 1 aliphatic carbocycles. The van der Waals surface area contributed by atoms with E-state index in [0.29, 0.717) is 10.6 Å². The van der Waals surface area contributed by atoms with Crippen molar-refractivity contribution in [2.24, 2.45) is 4.99 Å². The van der Waals surface area contributed by atoms with Crippen LogP contribution in [0.5, 0.6) is 0 Å². The van der Waals surface area contributed by atoms with Crippen molar-refractivity contribution in [3.8, 4) is 0 Å². The number of carbonyl (C=O) groups excluding carboxylic acids is 1. The van der Waals surface area contributed by atoms with Crippen LogP contribution in [0.4, 0.5) is 0 Å². The van der Waals surface area contributed by atoms with E-state index in [4.69, 9.17) is 13.6 Å². The highest BCUT2D eigenvalue weighted by molar-refractivity contribution is 6.31. The Hall–Kier alpha value is -4.00. The van der Waals surface area contributed by atoms with Crippen LogP contribution in [0.15, 0.2) is 83.7 Å². The molecule has 1 aromatic heterocycles. The van der Waals surface area contributed by atoms with Gasteiger partial charge in [-0.15, -0.1) is 0 Å². The lowest BCUT2D eigenvalue weighted by Crippen LogP contribution is -2.30. The summed E-state index contributed by atoms with van der Waals surface area (Å²) in [5, 5.41) is 1.18. The Balaban J connectivity index is 1.76. The lowest BCUT2D eigenvalue weighted by Gasteiger charge is -2.18. The summed E-state index contributed by atoms with van der Waals surface area (Å²) < 4.78 is 15.9. The summed E-state index contributed by atoms with van der Waals surface area (Å²) in [7, 11) is 0. The number of hydrogen-bond donors (Lipinski definition) is 0. The van der Waals surface area contributed by atoms with E-state index in [1.54, 1.807) is 24.3 Å². The standard InChI is InChI=1S/C21H11NO6/c23-16-14-12-8-4-5-9-13(12)22-15(14)17(26-10-11-6-2-1-3-7-11)19-18(16)27-20(24)21(25)28-19/h1-9H,10H2. The molecule has 0 N–H and O–H groups in total. The van der Waals surface area contributed by atoms with Crippen molar-refractivity contribution >= 4 is 17.1 Å². The number of allylic oxidation sites excluding steroid dienone is 1. The topological polar surface area (TPSA) is 99.1 Å². The van der Waals surface area contributed by atoms with Crippen LogP contribution in [0.3, 0.4) is 0 Å². The van der Waals surface area contributed by atoms with Crippen LogP contribution in [0.2, 0.25) is 0 Å². The molecular weight excluding hydrogens is 362 g/mol. The Kier molecular flexibility index (Phi) is 3.48. The van der Waals surface area contributed by atoms with Gasteiger partial charge in [-0.1, -0.05) is 48.5 Å². The Morgan fingerprint density at radius 3 is 2.29 bits per heavy atom. The van der Waals surface area contributed by atoms with Crippen molar-refractivity contribution in [3.63, 3.8) is 0 Å². The second-order valence-corrected chi connectivity index (χ2v) is 6.22. The van der Waals surface area contributed by atoms with Gasteiger partial charge in [0.15, 0.2) is 5.76 Å². The average Bonchev–Trinajstić information content (AvgIpc) is 3.10. The predicted octanol–water partition coefficient (Wildman–Crippen LogP) is 1.16. The molecule has 2 aromatic carbocycles. The first-order valence-corrected chi connectivity index (χ1v) is 8.46. The molecule has 0 bridgehead atoms. The maximum atomic E-state index is 13.0. The molecule has 2 heterocycles. The van der Waals surface area contributed by atoms with Crippen LogP contribution in [0, 0.1) is 0 Å². The van der Waals surface area contributed by atoms with E-state index in [-0.39, 0.29) is 35.2 Å². The average molecular weight is 373 g/mol. The van der Waals surface area contributed by atoms with Gasteiger partial charge in [-0.25, -0.2) is 14.6 Å². The van der Waals surface area contributed by atoms with E-state index in [1.165, 1.54) is 0 Å². The number of hydrogen-bond acceptors (Lipinski definition) is 7. The first-order valence-electron chi connectivity index (χ1n) is 8.46. The third-order valence-corrected chi connectivity index (χ3v) is 4.49. The number of benzene rings is 2. The Labute approximate surface area is 156 Å². The summed E-state index contributed by atoms with van der Waals surface area (Å²) in [6, 6.07) is 16.4. The van der Waals surface area contributed by atoms with E-state index in [0.717, 1.165) is 5.56 Å². The predicted molar refractivity (Wildman–Crippen MR) is 96.6 cm³/mol. The molecule has 0 atom stereocenters. The van der Waals surface area contributed by atoms with Crippen molar-refractivity contribution in [2.75, 3.05) is 0 Å². The quantitative estimate of drug-likeness (QED) is 0.639. The van der Waals surface area contributed by atoms with Gasteiger partial charge < -0.3 is 13.6 Å². The molecule has 0 fully saturated rings. The van der Waals surface area contributed by atoms with Crippen LogP contribution in [0.25, 0.3) is 11.3 Å². The van der Waals surface area contributed by atoms with Gasteiger partial charge in [-0.3, -0.25) is 4.79 Å². The number of fused-ring (bicyclic) bond motifs is 3. The van der Waals surface area contributed by atoms with Gasteiger partial charge in [0.25, 0.3) is 0 Å². The number of para-hydroxylation sites is 1. The molecule has 5 rings (SSSR count). The maximum absolute atomic E-state index is 13.0. The minimum Gasteiger partial charge on any atom is -0.483 e. The van der Waals surface area contributed by atoms with Crippen LogP contribution in [-0.4, -0.2) is 5.78 Å². The summed E-state index contributed by atoms with van der Waals surface area (Å²) in [4.78, 5) is 40.8. The fourth-order valence-corrected chi connectivity index (χ4v) is 3.23. The number of nitrogens with zero attached hydrogens (tertiary/aromatic N) is 1. The summed E-state index contributed by atoms with van der Waals surface area (Å²) in [6.45, 7) is 0.148. The molecular formula is C21H11NO6. The minimum absolute atomic E-state index is 0.0884. The zero-order chi connectivity index (χ0) is 19.3. The highest BCUT2D eigenvalue weighted by Gasteiger charge is 2.38. The van der Waals surface area contributed by atoms with Crippen molar-refractivity contribution in [2.45, 2.75) is 6.61 Å². The van der Waals surface area contributed by atoms with Crippen molar-refractivity contribution in [3.05, 3.63) is 109 Å². The zero-order valence-corrected chi connectivity index (χ0v) is 14.3. The van der Waals surface area contributed by atoms with E-state index < -0.39 is 17.0 Å². The summed E-state index contributed by atoms with van der Waals surface area (Å²) in [6.07, 6.45) is 0. The molecule has 0 saturated carbocycles. The lowest BCUT2D eigenvalue weighted by atomic mass is 9.96. The Bertz CT molecular complexity index is 1410. The molecule has 2 aliphatic rings. The molecule has 136 valence electrons. The zero-order valence-electron chi connectivity index (χ0n) is 14.3. The monoisotopic (exact) mass is 373 g/mol. The fraction of sp³-hybridized carbons (Fsp3) is 0.0476. The molecule has 7 heteroatoms. The molecule has 0 amide bonds. The molecule has 1 aliphatic heterocycles. The van der Waals surface area contributed by atoms with E-state index in [1.807, 2.05) is 30.3 Å². The minimum atomic E-state index is -1.25. The molecule has 0 radical (unpaired) electrons. The number of carbonyl (C=O) groups is 1. The highest BCUT2D eigenvalue weighted by atomic mass is 16.5. The normalized spacial score (nSPS) is 14.3. The van der Waals surface area contributed by atoms with Gasteiger partial charge in [0.2, 0.25) is 17.3 Å². The summed E-state index contributed by atoms with van der Waals surface area (Å²) >= 11 is 0. The highest BCUT2D eigenvalue weighted by Crippen LogP contribution is 2.36. The lowest BCUT2D eigenvalue weighted by molar-refractivity contribution is 0.101.